The molecule has 1 heterocycles. The van der Waals surface area contributed by atoms with Gasteiger partial charge in [0.05, 0.1) is 12.1 Å². The minimum Gasteiger partial charge on any atom is -0.495 e. The highest BCUT2D eigenvalue weighted by Crippen LogP contribution is 2.29. The molecule has 2 aromatic carbocycles. The summed E-state index contributed by atoms with van der Waals surface area (Å²) in [5, 5.41) is 7.57. The van der Waals surface area contributed by atoms with E-state index in [0.29, 0.717) is 10.8 Å². The first-order valence-corrected chi connectivity index (χ1v) is 7.58. The van der Waals surface area contributed by atoms with E-state index in [1.807, 2.05) is 18.2 Å². The van der Waals surface area contributed by atoms with Crippen LogP contribution in [0.5, 0.6) is 5.75 Å². The Kier molecular flexibility index (Phi) is 4.20. The lowest BCUT2D eigenvalue weighted by molar-refractivity contribution is 0.415. The number of hydrogen-bond donors (Lipinski definition) is 2. The van der Waals surface area contributed by atoms with Gasteiger partial charge in [0.25, 0.3) is 0 Å². The molecule has 1 aliphatic rings. The maximum absolute atomic E-state index is 6.05. The van der Waals surface area contributed by atoms with Crippen LogP contribution in [0.2, 0.25) is 5.02 Å². The summed E-state index contributed by atoms with van der Waals surface area (Å²) in [6.45, 7) is 1.83. The molecule has 0 radical (unpaired) electrons. The molecular formula is C17H19ClN2O. The van der Waals surface area contributed by atoms with Crippen molar-refractivity contribution in [2.75, 3.05) is 24.3 Å². The second-order valence-electron chi connectivity index (χ2n) is 5.18. The summed E-state index contributed by atoms with van der Waals surface area (Å²) in [7, 11) is 1.63. The Morgan fingerprint density at radius 1 is 1.29 bits per heavy atom. The zero-order valence-corrected chi connectivity index (χ0v) is 12.8. The second kappa shape index (κ2) is 6.27. The number of ether oxygens (including phenoxy) is 1. The average Bonchev–Trinajstić information content (AvgIpc) is 2.54. The molecule has 0 saturated carbocycles. The number of benzene rings is 2. The van der Waals surface area contributed by atoms with E-state index in [0.717, 1.165) is 25.2 Å². The van der Waals surface area contributed by atoms with E-state index in [9.17, 15) is 0 Å². The standard InChI is InChI=1S/C17H19ClN2O/c1-21-16-10-14(7-8-15(16)18)20-11-13-5-2-4-12-6-3-9-19-17(12)13/h2,4-5,7-8,10,19-20H,3,6,9,11H2,1H3. The second-order valence-corrected chi connectivity index (χ2v) is 5.59. The normalized spacial score (nSPS) is 13.2. The molecule has 0 bridgehead atoms. The van der Waals surface area contributed by atoms with Crippen LogP contribution in [0.3, 0.4) is 0 Å². The number of nitrogens with one attached hydrogen (secondary N) is 2. The number of rotatable bonds is 4. The van der Waals surface area contributed by atoms with Crippen LogP contribution in [0.15, 0.2) is 36.4 Å². The predicted molar refractivity (Wildman–Crippen MR) is 88.6 cm³/mol. The van der Waals surface area contributed by atoms with Gasteiger partial charge >= 0.3 is 0 Å². The number of para-hydroxylation sites is 1. The fraction of sp³-hybridized carbons (Fsp3) is 0.294. The van der Waals surface area contributed by atoms with Crippen molar-refractivity contribution in [1.29, 1.82) is 0 Å². The maximum atomic E-state index is 6.05. The van der Waals surface area contributed by atoms with E-state index in [-0.39, 0.29) is 0 Å². The Morgan fingerprint density at radius 3 is 3.05 bits per heavy atom. The molecule has 0 unspecified atom stereocenters. The lowest BCUT2D eigenvalue weighted by atomic mass is 9.99. The molecule has 0 saturated heterocycles. The van der Waals surface area contributed by atoms with Crippen LogP contribution in [-0.2, 0) is 13.0 Å². The molecule has 0 fully saturated rings. The van der Waals surface area contributed by atoms with Crippen molar-refractivity contribution in [1.82, 2.24) is 0 Å². The van der Waals surface area contributed by atoms with Crippen molar-refractivity contribution in [3.63, 3.8) is 0 Å². The van der Waals surface area contributed by atoms with E-state index < -0.39 is 0 Å². The molecule has 0 amide bonds. The van der Waals surface area contributed by atoms with Crippen LogP contribution in [-0.4, -0.2) is 13.7 Å². The molecule has 4 heteroatoms. The molecule has 3 nitrogen and oxygen atoms in total. The summed E-state index contributed by atoms with van der Waals surface area (Å²) in [6, 6.07) is 12.2. The SMILES string of the molecule is COc1cc(NCc2cccc3c2NCCC3)ccc1Cl. The molecule has 2 N–H and O–H groups in total. The highest BCUT2D eigenvalue weighted by Gasteiger charge is 2.12. The summed E-state index contributed by atoms with van der Waals surface area (Å²) in [6.07, 6.45) is 2.36. The third-order valence-electron chi connectivity index (χ3n) is 3.80. The van der Waals surface area contributed by atoms with E-state index in [2.05, 4.69) is 28.8 Å². The molecular weight excluding hydrogens is 284 g/mol. The fourth-order valence-electron chi connectivity index (χ4n) is 2.70. The zero-order valence-electron chi connectivity index (χ0n) is 12.1. The number of halogens is 1. The van der Waals surface area contributed by atoms with Gasteiger partial charge in [0.1, 0.15) is 5.75 Å². The lowest BCUT2D eigenvalue weighted by Gasteiger charge is -2.21. The van der Waals surface area contributed by atoms with Crippen LogP contribution in [0, 0.1) is 0 Å². The van der Waals surface area contributed by atoms with Gasteiger partial charge in [-0.3, -0.25) is 0 Å². The molecule has 0 spiro atoms. The summed E-state index contributed by atoms with van der Waals surface area (Å²) in [4.78, 5) is 0. The van der Waals surface area contributed by atoms with Gasteiger partial charge in [0, 0.05) is 30.5 Å². The van der Waals surface area contributed by atoms with Crippen molar-refractivity contribution >= 4 is 23.0 Å². The highest BCUT2D eigenvalue weighted by molar-refractivity contribution is 6.32. The van der Waals surface area contributed by atoms with Gasteiger partial charge in [-0.25, -0.2) is 0 Å². The van der Waals surface area contributed by atoms with Crippen LogP contribution in [0.1, 0.15) is 17.5 Å². The Labute approximate surface area is 130 Å². The molecule has 110 valence electrons. The highest BCUT2D eigenvalue weighted by atomic mass is 35.5. The Balaban J connectivity index is 1.76. The van der Waals surface area contributed by atoms with E-state index in [1.54, 1.807) is 7.11 Å². The van der Waals surface area contributed by atoms with Gasteiger partial charge < -0.3 is 15.4 Å². The lowest BCUT2D eigenvalue weighted by Crippen LogP contribution is -2.15. The van der Waals surface area contributed by atoms with Gasteiger partial charge in [-0.05, 0) is 36.1 Å². The van der Waals surface area contributed by atoms with Crippen LogP contribution < -0.4 is 15.4 Å². The quantitative estimate of drug-likeness (QED) is 0.882. The monoisotopic (exact) mass is 302 g/mol. The van der Waals surface area contributed by atoms with Gasteiger partial charge in [0.2, 0.25) is 0 Å². The number of anilines is 2. The first kappa shape index (κ1) is 14.1. The number of aryl methyl sites for hydroxylation is 1. The summed E-state index contributed by atoms with van der Waals surface area (Å²) >= 11 is 6.05. The minimum absolute atomic E-state index is 0.627. The Morgan fingerprint density at radius 2 is 2.19 bits per heavy atom. The number of hydrogen-bond acceptors (Lipinski definition) is 3. The third kappa shape index (κ3) is 3.08. The first-order chi connectivity index (χ1) is 10.3. The van der Waals surface area contributed by atoms with E-state index >= 15 is 0 Å². The topological polar surface area (TPSA) is 33.3 Å². The fourth-order valence-corrected chi connectivity index (χ4v) is 2.89. The molecule has 0 aromatic heterocycles. The van der Waals surface area contributed by atoms with Gasteiger partial charge in [-0.2, -0.15) is 0 Å². The Hall–Kier alpha value is -1.87. The molecule has 3 rings (SSSR count). The summed E-state index contributed by atoms with van der Waals surface area (Å²) < 4.78 is 5.24. The van der Waals surface area contributed by atoms with Crippen molar-refractivity contribution in [2.24, 2.45) is 0 Å². The molecule has 0 atom stereocenters. The largest absolute Gasteiger partial charge is 0.495 e. The van der Waals surface area contributed by atoms with Crippen molar-refractivity contribution in [3.05, 3.63) is 52.5 Å². The van der Waals surface area contributed by atoms with Crippen LogP contribution in [0.4, 0.5) is 11.4 Å². The van der Waals surface area contributed by atoms with E-state index in [4.69, 9.17) is 16.3 Å². The summed E-state index contributed by atoms with van der Waals surface area (Å²) in [5.41, 5.74) is 5.00. The smallest absolute Gasteiger partial charge is 0.139 e. The average molecular weight is 303 g/mol. The maximum Gasteiger partial charge on any atom is 0.139 e. The van der Waals surface area contributed by atoms with Gasteiger partial charge in [0.15, 0.2) is 0 Å². The van der Waals surface area contributed by atoms with Crippen molar-refractivity contribution in [3.8, 4) is 5.75 Å². The van der Waals surface area contributed by atoms with Crippen molar-refractivity contribution in [2.45, 2.75) is 19.4 Å². The van der Waals surface area contributed by atoms with Gasteiger partial charge in [-0.15, -0.1) is 0 Å². The Bertz CT molecular complexity index is 643. The number of fused-ring (bicyclic) bond motifs is 1. The zero-order chi connectivity index (χ0) is 14.7. The molecule has 2 aromatic rings. The molecule has 21 heavy (non-hydrogen) atoms. The van der Waals surface area contributed by atoms with Gasteiger partial charge in [-0.1, -0.05) is 29.8 Å². The third-order valence-corrected chi connectivity index (χ3v) is 4.11. The van der Waals surface area contributed by atoms with Crippen molar-refractivity contribution < 1.29 is 4.74 Å². The van der Waals surface area contributed by atoms with E-state index in [1.165, 1.54) is 23.2 Å². The minimum atomic E-state index is 0.627. The molecule has 1 aliphatic heterocycles. The van der Waals surface area contributed by atoms with Crippen LogP contribution in [0.25, 0.3) is 0 Å². The summed E-state index contributed by atoms with van der Waals surface area (Å²) in [5.74, 6) is 0.690. The van der Waals surface area contributed by atoms with Crippen LogP contribution >= 0.6 is 11.6 Å². The molecule has 0 aliphatic carbocycles. The first-order valence-electron chi connectivity index (χ1n) is 7.20. The predicted octanol–water partition coefficient (Wildman–Crippen LogP) is 4.32. The number of methoxy groups -OCH3 is 1.